The predicted molar refractivity (Wildman–Crippen MR) is 103 cm³/mol. The molecular weight excluding hydrogens is 328 g/mol. The molecule has 1 aromatic heterocycles. The molecule has 2 aliphatic rings. The fourth-order valence-electron chi connectivity index (χ4n) is 3.77. The molecule has 7 heteroatoms. The Morgan fingerprint density at radius 3 is 2.77 bits per heavy atom. The van der Waals surface area contributed by atoms with Gasteiger partial charge in [-0.05, 0) is 38.0 Å². The van der Waals surface area contributed by atoms with Crippen LogP contribution in [0.1, 0.15) is 37.8 Å². The van der Waals surface area contributed by atoms with Crippen LogP contribution in [0.2, 0.25) is 0 Å². The second kappa shape index (κ2) is 7.45. The Morgan fingerprint density at radius 2 is 2.04 bits per heavy atom. The molecule has 26 heavy (non-hydrogen) atoms. The highest BCUT2D eigenvalue weighted by molar-refractivity contribution is 5.93. The molecule has 0 bridgehead atoms. The predicted octanol–water partition coefficient (Wildman–Crippen LogP) is 2.87. The summed E-state index contributed by atoms with van der Waals surface area (Å²) in [6.45, 7) is 3.53. The van der Waals surface area contributed by atoms with Crippen molar-refractivity contribution in [2.45, 2.75) is 45.1 Å². The van der Waals surface area contributed by atoms with E-state index in [2.05, 4.69) is 30.5 Å². The van der Waals surface area contributed by atoms with Crippen molar-refractivity contribution in [1.29, 1.82) is 0 Å². The molecule has 0 saturated heterocycles. The molecule has 2 aromatic rings. The zero-order valence-corrected chi connectivity index (χ0v) is 15.5. The Morgan fingerprint density at radius 1 is 1.19 bits per heavy atom. The highest BCUT2D eigenvalue weighted by atomic mass is 16.5. The summed E-state index contributed by atoms with van der Waals surface area (Å²) in [6, 6.07) is 6.49. The first kappa shape index (κ1) is 17.0. The monoisotopic (exact) mass is 354 g/mol. The molecule has 2 heterocycles. The Bertz CT molecular complexity index is 815. The Hall–Kier alpha value is -2.41. The van der Waals surface area contributed by atoms with E-state index < -0.39 is 0 Å². The molecule has 1 aliphatic carbocycles. The summed E-state index contributed by atoms with van der Waals surface area (Å²) >= 11 is 0. The first-order chi connectivity index (χ1) is 12.7. The average Bonchev–Trinajstić information content (AvgIpc) is 2.69. The number of nitrogens with one attached hydrogen (secondary N) is 2. The number of hydrogen-bond acceptors (Lipinski definition) is 7. The number of nitrogens with zero attached hydrogens (tertiary/aromatic N) is 4. The summed E-state index contributed by atoms with van der Waals surface area (Å²) in [4.78, 5) is 16.2. The van der Waals surface area contributed by atoms with Crippen molar-refractivity contribution in [2.75, 3.05) is 25.8 Å². The van der Waals surface area contributed by atoms with Crippen LogP contribution in [0, 0.1) is 6.92 Å². The zero-order chi connectivity index (χ0) is 17.9. The van der Waals surface area contributed by atoms with Gasteiger partial charge in [-0.2, -0.15) is 0 Å². The molecule has 0 atom stereocenters. The first-order valence-electron chi connectivity index (χ1n) is 9.35. The van der Waals surface area contributed by atoms with Crippen LogP contribution in [0.3, 0.4) is 0 Å². The number of methoxy groups -OCH3 is 1. The maximum absolute atomic E-state index is 5.28. The van der Waals surface area contributed by atoms with Gasteiger partial charge in [0.15, 0.2) is 0 Å². The van der Waals surface area contributed by atoms with Crippen molar-refractivity contribution in [2.24, 2.45) is 4.99 Å². The average molecular weight is 354 g/mol. The molecule has 1 saturated carbocycles. The van der Waals surface area contributed by atoms with Gasteiger partial charge >= 0.3 is 0 Å². The van der Waals surface area contributed by atoms with Crippen LogP contribution in [-0.2, 0) is 0 Å². The standard InChI is InChI=1S/C19H26N6O/c1-13-16-10-15(26-2)8-9-17(16)23-19(22-13)24-18-20-11-25(12-21-18)14-6-4-3-5-7-14/h8-10,14H,3-7,11-12H2,1-2H3,(H2,20,21,22,23,24). The molecule has 7 nitrogen and oxygen atoms in total. The van der Waals surface area contributed by atoms with Gasteiger partial charge in [0.1, 0.15) is 5.75 Å². The lowest BCUT2D eigenvalue weighted by Gasteiger charge is -2.35. The Labute approximate surface area is 153 Å². The van der Waals surface area contributed by atoms with Gasteiger partial charge in [-0.3, -0.25) is 10.2 Å². The van der Waals surface area contributed by atoms with Crippen LogP contribution in [-0.4, -0.2) is 47.3 Å². The number of anilines is 1. The van der Waals surface area contributed by atoms with Gasteiger partial charge in [0.25, 0.3) is 0 Å². The van der Waals surface area contributed by atoms with E-state index in [-0.39, 0.29) is 0 Å². The first-order valence-corrected chi connectivity index (χ1v) is 9.35. The fraction of sp³-hybridized carbons (Fsp3) is 0.526. The van der Waals surface area contributed by atoms with E-state index in [1.165, 1.54) is 32.1 Å². The number of aromatic nitrogens is 2. The molecule has 0 unspecified atom stereocenters. The molecule has 0 radical (unpaired) electrons. The molecule has 2 N–H and O–H groups in total. The van der Waals surface area contributed by atoms with Crippen LogP contribution in [0.4, 0.5) is 5.95 Å². The lowest BCUT2D eigenvalue weighted by molar-refractivity contribution is 0.150. The number of aliphatic imine (C=N–C) groups is 1. The van der Waals surface area contributed by atoms with Crippen LogP contribution in [0.5, 0.6) is 5.75 Å². The third-order valence-corrected chi connectivity index (χ3v) is 5.27. The largest absolute Gasteiger partial charge is 0.497 e. The maximum Gasteiger partial charge on any atom is 0.230 e. The van der Waals surface area contributed by atoms with Gasteiger partial charge in [0.05, 0.1) is 31.7 Å². The van der Waals surface area contributed by atoms with Crippen molar-refractivity contribution in [3.05, 3.63) is 23.9 Å². The summed E-state index contributed by atoms with van der Waals surface area (Å²) in [5.74, 6) is 2.12. The third-order valence-electron chi connectivity index (χ3n) is 5.27. The van der Waals surface area contributed by atoms with E-state index in [9.17, 15) is 0 Å². The number of hydrogen-bond donors (Lipinski definition) is 2. The summed E-state index contributed by atoms with van der Waals surface area (Å²) in [7, 11) is 1.66. The van der Waals surface area contributed by atoms with Crippen molar-refractivity contribution < 1.29 is 4.74 Å². The van der Waals surface area contributed by atoms with E-state index in [0.717, 1.165) is 41.6 Å². The number of guanidine groups is 1. The second-order valence-electron chi connectivity index (χ2n) is 7.00. The van der Waals surface area contributed by atoms with Crippen molar-refractivity contribution in [3.8, 4) is 5.75 Å². The Kier molecular flexibility index (Phi) is 4.88. The number of rotatable bonds is 3. The van der Waals surface area contributed by atoms with Crippen LogP contribution in [0.15, 0.2) is 23.2 Å². The summed E-state index contributed by atoms with van der Waals surface area (Å²) in [5.41, 5.74) is 1.80. The number of aryl methyl sites for hydroxylation is 1. The zero-order valence-electron chi connectivity index (χ0n) is 15.5. The SMILES string of the molecule is COc1ccc2nc(NC3=NCN(C4CCCCC4)CN3)nc(C)c2c1. The number of benzene rings is 1. The minimum atomic E-state index is 0.567. The smallest absolute Gasteiger partial charge is 0.230 e. The summed E-state index contributed by atoms with van der Waals surface area (Å²) in [6.07, 6.45) is 6.63. The lowest BCUT2D eigenvalue weighted by atomic mass is 9.94. The number of ether oxygens (including phenoxy) is 1. The van der Waals surface area contributed by atoms with Gasteiger partial charge in [-0.1, -0.05) is 19.3 Å². The molecular formula is C19H26N6O. The van der Waals surface area contributed by atoms with Crippen LogP contribution >= 0.6 is 0 Å². The molecule has 138 valence electrons. The van der Waals surface area contributed by atoms with Gasteiger partial charge in [0.2, 0.25) is 11.9 Å². The number of fused-ring (bicyclic) bond motifs is 1. The minimum absolute atomic E-state index is 0.567. The van der Waals surface area contributed by atoms with Crippen molar-refractivity contribution in [1.82, 2.24) is 20.2 Å². The van der Waals surface area contributed by atoms with Gasteiger partial charge < -0.3 is 10.1 Å². The van der Waals surface area contributed by atoms with Gasteiger partial charge in [-0.25, -0.2) is 15.0 Å². The highest BCUT2D eigenvalue weighted by Crippen LogP contribution is 2.24. The topological polar surface area (TPSA) is 74.7 Å². The van der Waals surface area contributed by atoms with Crippen LogP contribution in [0.25, 0.3) is 10.9 Å². The molecule has 1 aromatic carbocycles. The summed E-state index contributed by atoms with van der Waals surface area (Å²) in [5, 5.41) is 7.59. The van der Waals surface area contributed by atoms with Crippen molar-refractivity contribution in [3.63, 3.8) is 0 Å². The highest BCUT2D eigenvalue weighted by Gasteiger charge is 2.23. The summed E-state index contributed by atoms with van der Waals surface area (Å²) < 4.78 is 5.28. The van der Waals surface area contributed by atoms with E-state index in [4.69, 9.17) is 4.74 Å². The van der Waals surface area contributed by atoms with Gasteiger partial charge in [0, 0.05) is 11.4 Å². The maximum atomic E-state index is 5.28. The lowest BCUT2D eigenvalue weighted by Crippen LogP contribution is -2.50. The van der Waals surface area contributed by atoms with Crippen LogP contribution < -0.4 is 15.4 Å². The molecule has 4 rings (SSSR count). The normalized spacial score (nSPS) is 19.1. The molecule has 1 fully saturated rings. The van der Waals surface area contributed by atoms with E-state index >= 15 is 0 Å². The molecule has 1 aliphatic heterocycles. The molecule has 0 amide bonds. The third kappa shape index (κ3) is 3.58. The van der Waals surface area contributed by atoms with Gasteiger partial charge in [-0.15, -0.1) is 0 Å². The second-order valence-corrected chi connectivity index (χ2v) is 7.00. The minimum Gasteiger partial charge on any atom is -0.497 e. The van der Waals surface area contributed by atoms with E-state index in [1.54, 1.807) is 7.11 Å². The fourth-order valence-corrected chi connectivity index (χ4v) is 3.77. The van der Waals surface area contributed by atoms with E-state index in [0.29, 0.717) is 12.0 Å². The van der Waals surface area contributed by atoms with E-state index in [1.807, 2.05) is 25.1 Å². The molecule has 0 spiro atoms. The quantitative estimate of drug-likeness (QED) is 0.883. The van der Waals surface area contributed by atoms with Crippen molar-refractivity contribution >= 4 is 22.8 Å². The Balaban J connectivity index is 1.46.